The van der Waals surface area contributed by atoms with Gasteiger partial charge in [0.15, 0.2) is 0 Å². The molecule has 0 fully saturated rings. The van der Waals surface area contributed by atoms with Crippen molar-refractivity contribution in [1.29, 1.82) is 0 Å². The number of rotatable bonds is 5. The Morgan fingerprint density at radius 3 is 2.38 bits per heavy atom. The minimum absolute atomic E-state index is 0.104. The van der Waals surface area contributed by atoms with Crippen LogP contribution in [-0.4, -0.2) is 24.0 Å². The molecule has 0 spiro atoms. The highest BCUT2D eigenvalue weighted by atomic mass is 32.2. The van der Waals surface area contributed by atoms with Gasteiger partial charge in [0.2, 0.25) is 10.0 Å². The first-order valence-corrected chi connectivity index (χ1v) is 7.06. The molecule has 0 saturated carbocycles. The summed E-state index contributed by atoms with van der Waals surface area (Å²) in [6.45, 7) is 8.62. The van der Waals surface area contributed by atoms with Crippen LogP contribution in [0.4, 0.5) is 0 Å². The third kappa shape index (κ3) is 2.82. The molecule has 1 aromatic heterocycles. The molecule has 6 heteroatoms. The van der Waals surface area contributed by atoms with E-state index in [2.05, 4.69) is 9.82 Å². The fourth-order valence-corrected chi connectivity index (χ4v) is 2.15. The molecule has 0 aliphatic heterocycles. The molecule has 0 radical (unpaired) electrons. The summed E-state index contributed by atoms with van der Waals surface area (Å²) < 4.78 is 27.1. The van der Waals surface area contributed by atoms with Gasteiger partial charge in [0.1, 0.15) is 0 Å². The van der Waals surface area contributed by atoms with E-state index in [0.717, 1.165) is 23.5 Å². The van der Waals surface area contributed by atoms with E-state index < -0.39 is 10.0 Å². The van der Waals surface area contributed by atoms with E-state index in [1.807, 2.05) is 25.5 Å². The second-order valence-electron chi connectivity index (χ2n) is 3.69. The van der Waals surface area contributed by atoms with Crippen LogP contribution in [0.2, 0.25) is 0 Å². The molecular weight excluding hydrogens is 226 g/mol. The molecule has 0 amide bonds. The van der Waals surface area contributed by atoms with Gasteiger partial charge in [-0.15, -0.1) is 0 Å². The molecule has 0 aliphatic carbocycles. The Hall–Kier alpha value is -0.880. The Morgan fingerprint density at radius 1 is 1.31 bits per heavy atom. The number of aryl methyl sites for hydroxylation is 2. The zero-order valence-electron chi connectivity index (χ0n) is 10.2. The largest absolute Gasteiger partial charge is 0.270 e. The number of nitrogens with one attached hydrogen (secondary N) is 1. The molecule has 0 aliphatic rings. The number of nitrogens with zero attached hydrogens (tertiary/aromatic N) is 2. The molecule has 0 aromatic carbocycles. The summed E-state index contributed by atoms with van der Waals surface area (Å²) in [5.41, 5.74) is 2.89. The highest BCUT2D eigenvalue weighted by Crippen LogP contribution is 2.12. The summed E-state index contributed by atoms with van der Waals surface area (Å²) in [5, 5.41) is 4.34. The van der Waals surface area contributed by atoms with Crippen molar-refractivity contribution in [2.75, 3.05) is 5.75 Å². The van der Waals surface area contributed by atoms with Gasteiger partial charge in [-0.3, -0.25) is 4.68 Å². The van der Waals surface area contributed by atoms with E-state index in [4.69, 9.17) is 0 Å². The SMILES string of the molecule is CCn1nc(C)c(CNS(=O)(=O)CC)c1C. The van der Waals surface area contributed by atoms with Gasteiger partial charge in [-0.1, -0.05) is 0 Å². The van der Waals surface area contributed by atoms with Crippen LogP contribution in [0.15, 0.2) is 0 Å². The minimum atomic E-state index is -3.14. The van der Waals surface area contributed by atoms with Crippen molar-refractivity contribution in [3.63, 3.8) is 0 Å². The number of hydrogen-bond acceptors (Lipinski definition) is 3. The van der Waals surface area contributed by atoms with Crippen LogP contribution in [0, 0.1) is 13.8 Å². The summed E-state index contributed by atoms with van der Waals surface area (Å²) in [7, 11) is -3.14. The number of hydrogen-bond donors (Lipinski definition) is 1. The Labute approximate surface area is 96.9 Å². The maximum absolute atomic E-state index is 11.3. The monoisotopic (exact) mass is 245 g/mol. The van der Waals surface area contributed by atoms with Gasteiger partial charge in [-0.25, -0.2) is 13.1 Å². The molecule has 0 atom stereocenters. The minimum Gasteiger partial charge on any atom is -0.270 e. The maximum Gasteiger partial charge on any atom is 0.211 e. The average molecular weight is 245 g/mol. The summed E-state index contributed by atoms with van der Waals surface area (Å²) in [5.74, 6) is 0.104. The molecule has 0 bridgehead atoms. The zero-order chi connectivity index (χ0) is 12.3. The number of sulfonamides is 1. The van der Waals surface area contributed by atoms with Gasteiger partial charge in [0, 0.05) is 24.3 Å². The van der Waals surface area contributed by atoms with Crippen molar-refractivity contribution in [3.8, 4) is 0 Å². The molecule has 1 rings (SSSR count). The van der Waals surface area contributed by atoms with Crippen LogP contribution >= 0.6 is 0 Å². The second-order valence-corrected chi connectivity index (χ2v) is 5.79. The lowest BCUT2D eigenvalue weighted by Crippen LogP contribution is -2.25. The molecule has 1 aromatic rings. The van der Waals surface area contributed by atoms with E-state index in [1.165, 1.54) is 0 Å². The predicted molar refractivity (Wildman–Crippen MR) is 63.7 cm³/mol. The van der Waals surface area contributed by atoms with Gasteiger partial charge < -0.3 is 0 Å². The summed E-state index contributed by atoms with van der Waals surface area (Å²) in [6.07, 6.45) is 0. The molecule has 0 saturated heterocycles. The first-order chi connectivity index (χ1) is 7.41. The Kier molecular flexibility index (Phi) is 4.09. The van der Waals surface area contributed by atoms with Crippen LogP contribution < -0.4 is 4.72 Å². The van der Waals surface area contributed by atoms with E-state index >= 15 is 0 Å². The fraction of sp³-hybridized carbons (Fsp3) is 0.700. The van der Waals surface area contributed by atoms with E-state index in [1.54, 1.807) is 6.92 Å². The molecule has 1 heterocycles. The predicted octanol–water partition coefficient (Wildman–Crippen LogP) is 0.959. The lowest BCUT2D eigenvalue weighted by atomic mass is 10.2. The highest BCUT2D eigenvalue weighted by molar-refractivity contribution is 7.89. The van der Waals surface area contributed by atoms with Crippen molar-refractivity contribution < 1.29 is 8.42 Å². The van der Waals surface area contributed by atoms with Crippen LogP contribution in [0.1, 0.15) is 30.8 Å². The van der Waals surface area contributed by atoms with Crippen molar-refractivity contribution >= 4 is 10.0 Å². The summed E-state index contributed by atoms with van der Waals surface area (Å²) in [6, 6.07) is 0. The van der Waals surface area contributed by atoms with Gasteiger partial charge in [-0.2, -0.15) is 5.10 Å². The molecule has 5 nitrogen and oxygen atoms in total. The quantitative estimate of drug-likeness (QED) is 0.840. The Bertz CT molecular complexity index is 463. The third-order valence-electron chi connectivity index (χ3n) is 2.68. The molecule has 16 heavy (non-hydrogen) atoms. The smallest absolute Gasteiger partial charge is 0.211 e. The third-order valence-corrected chi connectivity index (χ3v) is 4.02. The second kappa shape index (κ2) is 4.97. The van der Waals surface area contributed by atoms with Gasteiger partial charge in [0.05, 0.1) is 11.4 Å². The normalized spacial score (nSPS) is 12.0. The molecular formula is C10H19N3O2S. The summed E-state index contributed by atoms with van der Waals surface area (Å²) in [4.78, 5) is 0. The lowest BCUT2D eigenvalue weighted by molar-refractivity contribution is 0.582. The van der Waals surface area contributed by atoms with E-state index in [-0.39, 0.29) is 5.75 Å². The van der Waals surface area contributed by atoms with Crippen molar-refractivity contribution in [2.24, 2.45) is 0 Å². The van der Waals surface area contributed by atoms with Gasteiger partial charge in [-0.05, 0) is 27.7 Å². The molecule has 1 N–H and O–H groups in total. The lowest BCUT2D eigenvalue weighted by Gasteiger charge is -2.05. The fourth-order valence-electron chi connectivity index (χ4n) is 1.58. The van der Waals surface area contributed by atoms with Gasteiger partial charge >= 0.3 is 0 Å². The Balaban J connectivity index is 2.86. The van der Waals surface area contributed by atoms with Crippen LogP contribution in [0.3, 0.4) is 0 Å². The summed E-state index contributed by atoms with van der Waals surface area (Å²) >= 11 is 0. The first-order valence-electron chi connectivity index (χ1n) is 5.41. The number of aromatic nitrogens is 2. The zero-order valence-corrected chi connectivity index (χ0v) is 11.1. The Morgan fingerprint density at radius 2 is 1.94 bits per heavy atom. The highest BCUT2D eigenvalue weighted by Gasteiger charge is 2.13. The van der Waals surface area contributed by atoms with Crippen LogP contribution in [0.5, 0.6) is 0 Å². The van der Waals surface area contributed by atoms with E-state index in [0.29, 0.717) is 6.54 Å². The van der Waals surface area contributed by atoms with Gasteiger partial charge in [0.25, 0.3) is 0 Å². The maximum atomic E-state index is 11.3. The topological polar surface area (TPSA) is 64.0 Å². The van der Waals surface area contributed by atoms with E-state index in [9.17, 15) is 8.42 Å². The van der Waals surface area contributed by atoms with Crippen molar-refractivity contribution in [3.05, 3.63) is 17.0 Å². The standard InChI is InChI=1S/C10H19N3O2S/c1-5-13-9(4)10(8(3)12-13)7-11-16(14,15)6-2/h11H,5-7H2,1-4H3. The van der Waals surface area contributed by atoms with Crippen LogP contribution in [-0.2, 0) is 23.1 Å². The van der Waals surface area contributed by atoms with Crippen LogP contribution in [0.25, 0.3) is 0 Å². The van der Waals surface area contributed by atoms with Crippen molar-refractivity contribution in [1.82, 2.24) is 14.5 Å². The first kappa shape index (κ1) is 13.2. The molecule has 0 unspecified atom stereocenters. The van der Waals surface area contributed by atoms with Crippen molar-refractivity contribution in [2.45, 2.75) is 40.8 Å². The average Bonchev–Trinajstić information content (AvgIpc) is 2.51. The molecule has 92 valence electrons.